The predicted molar refractivity (Wildman–Crippen MR) is 70.5 cm³/mol. The van der Waals surface area contributed by atoms with Crippen molar-refractivity contribution in [2.24, 2.45) is 0 Å². The highest BCUT2D eigenvalue weighted by Crippen LogP contribution is 2.27. The quantitative estimate of drug-likeness (QED) is 0.501. The van der Waals surface area contributed by atoms with E-state index in [-0.39, 0.29) is 17.8 Å². The minimum atomic E-state index is -0.489. The van der Waals surface area contributed by atoms with E-state index in [0.29, 0.717) is 17.5 Å². The molecule has 0 radical (unpaired) electrons. The minimum Gasteiger partial charge on any atom is -0.376 e. The van der Waals surface area contributed by atoms with Crippen LogP contribution in [0.25, 0.3) is 0 Å². The zero-order valence-electron chi connectivity index (χ0n) is 10.7. The number of nitrogens with one attached hydrogen (secondary N) is 1. The van der Waals surface area contributed by atoms with E-state index in [1.807, 2.05) is 6.92 Å². The summed E-state index contributed by atoms with van der Waals surface area (Å²) in [7, 11) is 0. The maximum Gasteiger partial charge on any atom is 0.293 e. The molecule has 1 fully saturated rings. The molecule has 6 nitrogen and oxygen atoms in total. The van der Waals surface area contributed by atoms with Crippen molar-refractivity contribution in [3.8, 4) is 0 Å². The molecule has 6 heteroatoms. The molecule has 2 rings (SSSR count). The monoisotopic (exact) mass is 264 g/mol. The topological polar surface area (TPSA) is 81.5 Å². The largest absolute Gasteiger partial charge is 0.376 e. The van der Waals surface area contributed by atoms with E-state index in [4.69, 9.17) is 4.74 Å². The summed E-state index contributed by atoms with van der Waals surface area (Å²) in [5, 5.41) is 14.1. The Labute approximate surface area is 110 Å². The van der Waals surface area contributed by atoms with Crippen LogP contribution in [0.5, 0.6) is 0 Å². The Morgan fingerprint density at radius 2 is 2.37 bits per heavy atom. The third kappa shape index (κ3) is 3.08. The number of carbonyl (C=O) groups excluding carboxylic acids is 1. The van der Waals surface area contributed by atoms with Gasteiger partial charge < -0.3 is 10.1 Å². The molecule has 1 aromatic carbocycles. The van der Waals surface area contributed by atoms with E-state index >= 15 is 0 Å². The molecule has 1 aliphatic rings. The van der Waals surface area contributed by atoms with Gasteiger partial charge in [0.05, 0.1) is 11.0 Å². The molecule has 0 amide bonds. The first kappa shape index (κ1) is 13.5. The Morgan fingerprint density at radius 1 is 1.58 bits per heavy atom. The first-order chi connectivity index (χ1) is 9.11. The van der Waals surface area contributed by atoms with E-state index < -0.39 is 4.92 Å². The lowest BCUT2D eigenvalue weighted by Gasteiger charge is -2.21. The van der Waals surface area contributed by atoms with E-state index in [0.717, 1.165) is 19.4 Å². The van der Waals surface area contributed by atoms with Crippen molar-refractivity contribution in [1.82, 2.24) is 0 Å². The summed E-state index contributed by atoms with van der Waals surface area (Å²) in [5.74, 6) is 0. The average Bonchev–Trinajstić information content (AvgIpc) is 2.92. The fourth-order valence-electron chi connectivity index (χ4n) is 2.23. The molecule has 2 atom stereocenters. The maximum atomic E-state index is 11.0. The number of carbonyl (C=O) groups is 1. The number of nitro groups is 1. The molecule has 0 aliphatic carbocycles. The van der Waals surface area contributed by atoms with E-state index in [9.17, 15) is 14.9 Å². The first-order valence-electron chi connectivity index (χ1n) is 6.23. The van der Waals surface area contributed by atoms with Crippen molar-refractivity contribution in [3.63, 3.8) is 0 Å². The van der Waals surface area contributed by atoms with Gasteiger partial charge in [-0.1, -0.05) is 0 Å². The predicted octanol–water partition coefficient (Wildman–Crippen LogP) is 2.39. The number of benzene rings is 1. The summed E-state index contributed by atoms with van der Waals surface area (Å²) in [4.78, 5) is 21.2. The number of anilines is 1. The van der Waals surface area contributed by atoms with Crippen LogP contribution in [0.15, 0.2) is 18.2 Å². The van der Waals surface area contributed by atoms with Crippen molar-refractivity contribution in [3.05, 3.63) is 33.9 Å². The smallest absolute Gasteiger partial charge is 0.293 e. The van der Waals surface area contributed by atoms with Gasteiger partial charge in [0.25, 0.3) is 5.69 Å². The Morgan fingerprint density at radius 3 is 2.95 bits per heavy atom. The van der Waals surface area contributed by atoms with Gasteiger partial charge in [-0.25, -0.2) is 0 Å². The van der Waals surface area contributed by atoms with Crippen molar-refractivity contribution in [2.45, 2.75) is 31.9 Å². The van der Waals surface area contributed by atoms with Crippen LogP contribution in [0, 0.1) is 10.1 Å². The SMILES string of the molecule is CC(Nc1ccc(C=O)cc1[N+](=O)[O-])C1CCCO1. The zero-order chi connectivity index (χ0) is 13.8. The Hall–Kier alpha value is -1.95. The summed E-state index contributed by atoms with van der Waals surface area (Å²) in [6, 6.07) is 4.39. The lowest BCUT2D eigenvalue weighted by molar-refractivity contribution is -0.384. The van der Waals surface area contributed by atoms with Gasteiger partial charge in [-0.2, -0.15) is 0 Å². The molecule has 102 valence electrons. The van der Waals surface area contributed by atoms with E-state index in [1.54, 1.807) is 12.1 Å². The highest BCUT2D eigenvalue weighted by atomic mass is 16.6. The third-order valence-electron chi connectivity index (χ3n) is 3.26. The molecule has 0 bridgehead atoms. The normalized spacial score (nSPS) is 19.9. The number of hydrogen-bond donors (Lipinski definition) is 1. The molecular weight excluding hydrogens is 248 g/mol. The summed E-state index contributed by atoms with van der Waals surface area (Å²) in [5.41, 5.74) is 0.620. The van der Waals surface area contributed by atoms with E-state index in [2.05, 4.69) is 5.32 Å². The summed E-state index contributed by atoms with van der Waals surface area (Å²) < 4.78 is 5.54. The third-order valence-corrected chi connectivity index (χ3v) is 3.26. The molecule has 0 aromatic heterocycles. The van der Waals surface area contributed by atoms with Gasteiger partial charge in [0.1, 0.15) is 12.0 Å². The molecule has 1 aliphatic heterocycles. The number of nitro benzene ring substituents is 1. The number of ether oxygens (including phenoxy) is 1. The number of aldehydes is 1. The van der Waals surface area contributed by atoms with Crippen LogP contribution in [-0.4, -0.2) is 30.0 Å². The summed E-state index contributed by atoms with van der Waals surface area (Å²) in [6.07, 6.45) is 2.64. The van der Waals surface area contributed by atoms with Gasteiger partial charge in [0.2, 0.25) is 0 Å². The fraction of sp³-hybridized carbons (Fsp3) is 0.462. The molecule has 1 aromatic rings. The van der Waals surface area contributed by atoms with Crippen molar-refractivity contribution >= 4 is 17.7 Å². The highest BCUT2D eigenvalue weighted by molar-refractivity contribution is 5.79. The standard InChI is InChI=1S/C13H16N2O4/c1-9(13-3-2-6-19-13)14-11-5-4-10(8-16)7-12(11)15(17)18/h4-5,7-9,13-14H,2-3,6H2,1H3. The van der Waals surface area contributed by atoms with Gasteiger partial charge in [-0.3, -0.25) is 14.9 Å². The second-order valence-electron chi connectivity index (χ2n) is 4.64. The van der Waals surface area contributed by atoms with Crippen molar-refractivity contribution in [2.75, 3.05) is 11.9 Å². The summed E-state index contributed by atoms with van der Waals surface area (Å²) >= 11 is 0. The lowest BCUT2D eigenvalue weighted by atomic mass is 10.1. The van der Waals surface area contributed by atoms with Crippen LogP contribution in [0.2, 0.25) is 0 Å². The molecule has 0 spiro atoms. The van der Waals surface area contributed by atoms with Crippen LogP contribution in [0.1, 0.15) is 30.1 Å². The fourth-order valence-corrected chi connectivity index (χ4v) is 2.23. The summed E-state index contributed by atoms with van der Waals surface area (Å²) in [6.45, 7) is 2.68. The minimum absolute atomic E-state index is 0.0109. The molecule has 1 saturated heterocycles. The highest BCUT2D eigenvalue weighted by Gasteiger charge is 2.24. The van der Waals surface area contributed by atoms with Crippen LogP contribution in [-0.2, 0) is 4.74 Å². The van der Waals surface area contributed by atoms with Gasteiger partial charge in [0, 0.05) is 24.3 Å². The second kappa shape index (κ2) is 5.79. The lowest BCUT2D eigenvalue weighted by Crippen LogP contribution is -2.30. The van der Waals surface area contributed by atoms with Crippen molar-refractivity contribution < 1.29 is 14.5 Å². The first-order valence-corrected chi connectivity index (χ1v) is 6.23. The van der Waals surface area contributed by atoms with Crippen LogP contribution < -0.4 is 5.32 Å². The van der Waals surface area contributed by atoms with E-state index in [1.165, 1.54) is 6.07 Å². The van der Waals surface area contributed by atoms with Crippen molar-refractivity contribution in [1.29, 1.82) is 0 Å². The van der Waals surface area contributed by atoms with Gasteiger partial charge >= 0.3 is 0 Å². The number of hydrogen-bond acceptors (Lipinski definition) is 5. The molecule has 2 unspecified atom stereocenters. The number of rotatable bonds is 5. The van der Waals surface area contributed by atoms with Crippen LogP contribution in [0.3, 0.4) is 0 Å². The number of nitrogens with zero attached hydrogens (tertiary/aromatic N) is 1. The second-order valence-corrected chi connectivity index (χ2v) is 4.64. The zero-order valence-corrected chi connectivity index (χ0v) is 10.7. The van der Waals surface area contributed by atoms with Gasteiger partial charge in [-0.15, -0.1) is 0 Å². The molecule has 1 heterocycles. The Balaban J connectivity index is 2.18. The molecule has 19 heavy (non-hydrogen) atoms. The van der Waals surface area contributed by atoms with Crippen LogP contribution in [0.4, 0.5) is 11.4 Å². The van der Waals surface area contributed by atoms with Gasteiger partial charge in [-0.05, 0) is 31.9 Å². The van der Waals surface area contributed by atoms with Crippen LogP contribution >= 0.6 is 0 Å². The Bertz CT molecular complexity index is 484. The average molecular weight is 264 g/mol. The van der Waals surface area contributed by atoms with Gasteiger partial charge in [0.15, 0.2) is 0 Å². The molecular formula is C13H16N2O4. The maximum absolute atomic E-state index is 11.0. The molecule has 1 N–H and O–H groups in total. The molecule has 0 saturated carbocycles. The Kier molecular flexibility index (Phi) is 4.11.